The van der Waals surface area contributed by atoms with Crippen molar-refractivity contribution in [1.82, 2.24) is 14.5 Å². The highest BCUT2D eigenvalue weighted by Crippen LogP contribution is 2.42. The summed E-state index contributed by atoms with van der Waals surface area (Å²) in [4.78, 5) is 20.1. The molecule has 0 saturated heterocycles. The predicted molar refractivity (Wildman–Crippen MR) is 124 cm³/mol. The van der Waals surface area contributed by atoms with Crippen molar-refractivity contribution in [2.24, 2.45) is 11.7 Å². The summed E-state index contributed by atoms with van der Waals surface area (Å²) in [5.74, 6) is 1.66. The van der Waals surface area contributed by atoms with E-state index in [0.717, 1.165) is 53.9 Å². The Balaban J connectivity index is 1.58. The first-order chi connectivity index (χ1) is 15.0. The van der Waals surface area contributed by atoms with E-state index in [1.807, 2.05) is 12.1 Å². The molecule has 2 heterocycles. The minimum absolute atomic E-state index is 0.000964. The van der Waals surface area contributed by atoms with Gasteiger partial charge < -0.3 is 20.5 Å². The van der Waals surface area contributed by atoms with E-state index in [0.29, 0.717) is 24.9 Å². The monoisotopic (exact) mass is 417 g/mol. The summed E-state index contributed by atoms with van der Waals surface area (Å²) in [5, 5.41) is 3.09. The molecule has 0 bridgehead atoms. The molecule has 3 aromatic rings. The summed E-state index contributed by atoms with van der Waals surface area (Å²) in [6, 6.07) is 14.9. The van der Waals surface area contributed by atoms with Gasteiger partial charge in [0, 0.05) is 31.2 Å². The molecule has 162 valence electrons. The largest absolute Gasteiger partial charge is 0.328 e. The molecule has 2 aromatic carbocycles. The molecular formula is C25H31N5O. The number of para-hydroxylation sites is 1. The number of nitrogens with zero attached hydrogens (tertiary/aromatic N) is 3. The maximum atomic E-state index is 13.0. The maximum Gasteiger partial charge on any atom is 0.322 e. The Kier molecular flexibility index (Phi) is 5.18. The van der Waals surface area contributed by atoms with Crippen molar-refractivity contribution < 1.29 is 4.79 Å². The van der Waals surface area contributed by atoms with Gasteiger partial charge in [0.1, 0.15) is 5.82 Å². The molecule has 2 aliphatic rings. The molecule has 3 N–H and O–H groups in total. The standard InChI is InChI=1S/C25H31N5O/c1-16(2)11-12-29-22-10-7-17(15-26)13-21(22)27-24(29)14-23-19-5-3-4-6-20(19)28-25(31)30(23)18-8-9-18/h3-7,10,13,16,18,23H,8-9,11-12,14-15,26H2,1-2H3,(H,28,31). The van der Waals surface area contributed by atoms with Gasteiger partial charge in [-0.05, 0) is 54.5 Å². The Morgan fingerprint density at radius 2 is 2.00 bits per heavy atom. The predicted octanol–water partition coefficient (Wildman–Crippen LogP) is 4.83. The first kappa shape index (κ1) is 20.1. The maximum absolute atomic E-state index is 13.0. The number of aromatic nitrogens is 2. The fourth-order valence-corrected chi connectivity index (χ4v) is 4.67. The van der Waals surface area contributed by atoms with Crippen LogP contribution in [0.25, 0.3) is 11.0 Å². The van der Waals surface area contributed by atoms with Crippen LogP contribution in [0, 0.1) is 5.92 Å². The number of anilines is 1. The number of urea groups is 1. The third-order valence-corrected chi connectivity index (χ3v) is 6.51. The molecule has 1 aliphatic carbocycles. The molecule has 31 heavy (non-hydrogen) atoms. The van der Waals surface area contributed by atoms with Crippen molar-refractivity contribution in [2.75, 3.05) is 5.32 Å². The van der Waals surface area contributed by atoms with Gasteiger partial charge in [-0.15, -0.1) is 0 Å². The number of hydrogen-bond donors (Lipinski definition) is 2. The molecule has 6 nitrogen and oxygen atoms in total. The number of aryl methyl sites for hydroxylation is 1. The van der Waals surface area contributed by atoms with E-state index in [1.54, 1.807) is 0 Å². The van der Waals surface area contributed by atoms with Crippen LogP contribution in [0.2, 0.25) is 0 Å². The van der Waals surface area contributed by atoms with Gasteiger partial charge in [-0.3, -0.25) is 0 Å². The van der Waals surface area contributed by atoms with Gasteiger partial charge in [0.25, 0.3) is 0 Å². The second-order valence-electron chi connectivity index (χ2n) is 9.27. The molecule has 1 atom stereocenters. The van der Waals surface area contributed by atoms with E-state index >= 15 is 0 Å². The molecule has 1 unspecified atom stereocenters. The summed E-state index contributed by atoms with van der Waals surface area (Å²) in [5.41, 5.74) is 11.2. The molecule has 1 aromatic heterocycles. The Hall–Kier alpha value is -2.86. The van der Waals surface area contributed by atoms with Gasteiger partial charge in [-0.2, -0.15) is 0 Å². The van der Waals surface area contributed by atoms with Crippen molar-refractivity contribution in [3.05, 3.63) is 59.4 Å². The number of carbonyl (C=O) groups excluding carboxylic acids is 1. The molecule has 6 heteroatoms. The molecule has 1 aliphatic heterocycles. The number of fused-ring (bicyclic) bond motifs is 2. The zero-order chi connectivity index (χ0) is 21.5. The Labute approximate surface area is 183 Å². The Bertz CT molecular complexity index is 1110. The van der Waals surface area contributed by atoms with Crippen LogP contribution in [0.5, 0.6) is 0 Å². The fourth-order valence-electron chi connectivity index (χ4n) is 4.67. The van der Waals surface area contributed by atoms with Crippen LogP contribution in [0.15, 0.2) is 42.5 Å². The second-order valence-corrected chi connectivity index (χ2v) is 9.27. The normalized spacial score (nSPS) is 18.5. The number of rotatable bonds is 7. The number of carbonyl (C=O) groups is 1. The number of nitrogens with two attached hydrogens (primary N) is 1. The number of hydrogen-bond acceptors (Lipinski definition) is 3. The lowest BCUT2D eigenvalue weighted by Gasteiger charge is -2.37. The average molecular weight is 418 g/mol. The van der Waals surface area contributed by atoms with Crippen LogP contribution in [0.1, 0.15) is 56.1 Å². The topological polar surface area (TPSA) is 76.2 Å². The van der Waals surface area contributed by atoms with Crippen LogP contribution in [-0.4, -0.2) is 26.5 Å². The first-order valence-corrected chi connectivity index (χ1v) is 11.4. The summed E-state index contributed by atoms with van der Waals surface area (Å²) in [6.07, 6.45) is 3.96. The average Bonchev–Trinajstić information content (AvgIpc) is 3.53. The quantitative estimate of drug-likeness (QED) is 0.578. The molecule has 2 amide bonds. The second kappa shape index (κ2) is 8.00. The smallest absolute Gasteiger partial charge is 0.322 e. The highest BCUT2D eigenvalue weighted by Gasteiger charge is 2.42. The highest BCUT2D eigenvalue weighted by molar-refractivity contribution is 5.93. The number of benzene rings is 2. The van der Waals surface area contributed by atoms with Crippen molar-refractivity contribution >= 4 is 22.8 Å². The van der Waals surface area contributed by atoms with Crippen LogP contribution in [0.3, 0.4) is 0 Å². The van der Waals surface area contributed by atoms with Gasteiger partial charge in [0.05, 0.1) is 17.1 Å². The summed E-state index contributed by atoms with van der Waals surface area (Å²) < 4.78 is 2.36. The van der Waals surface area contributed by atoms with Crippen molar-refractivity contribution in [3.8, 4) is 0 Å². The molecule has 1 fully saturated rings. The summed E-state index contributed by atoms with van der Waals surface area (Å²) >= 11 is 0. The SMILES string of the molecule is CC(C)CCn1c(CC2c3ccccc3NC(=O)N2C2CC2)nc2cc(CN)ccc21. The Morgan fingerprint density at radius 3 is 2.74 bits per heavy atom. The van der Waals surface area contributed by atoms with E-state index < -0.39 is 0 Å². The van der Waals surface area contributed by atoms with Gasteiger partial charge in [-0.1, -0.05) is 38.1 Å². The van der Waals surface area contributed by atoms with Crippen molar-refractivity contribution in [1.29, 1.82) is 0 Å². The fraction of sp³-hybridized carbons (Fsp3) is 0.440. The van der Waals surface area contributed by atoms with E-state index in [4.69, 9.17) is 10.7 Å². The van der Waals surface area contributed by atoms with Crippen molar-refractivity contribution in [2.45, 2.75) is 64.7 Å². The van der Waals surface area contributed by atoms with Gasteiger partial charge in [-0.25, -0.2) is 9.78 Å². The van der Waals surface area contributed by atoms with Gasteiger partial charge >= 0.3 is 6.03 Å². The molecule has 0 spiro atoms. The van der Waals surface area contributed by atoms with Crippen LogP contribution < -0.4 is 11.1 Å². The zero-order valence-corrected chi connectivity index (χ0v) is 18.3. The van der Waals surface area contributed by atoms with Gasteiger partial charge in [0.2, 0.25) is 0 Å². The van der Waals surface area contributed by atoms with E-state index in [9.17, 15) is 4.79 Å². The molecule has 1 saturated carbocycles. The summed E-state index contributed by atoms with van der Waals surface area (Å²) in [7, 11) is 0. The minimum Gasteiger partial charge on any atom is -0.328 e. The highest BCUT2D eigenvalue weighted by atomic mass is 16.2. The minimum atomic E-state index is 0.000964. The Morgan fingerprint density at radius 1 is 1.19 bits per heavy atom. The third-order valence-electron chi connectivity index (χ3n) is 6.51. The molecule has 5 rings (SSSR count). The van der Waals surface area contributed by atoms with E-state index in [2.05, 4.69) is 59.0 Å². The molecular weight excluding hydrogens is 386 g/mol. The number of nitrogens with one attached hydrogen (secondary N) is 1. The lowest BCUT2D eigenvalue weighted by atomic mass is 9.97. The number of imidazole rings is 1. The lowest BCUT2D eigenvalue weighted by molar-refractivity contribution is 0.178. The van der Waals surface area contributed by atoms with E-state index in [1.165, 1.54) is 5.56 Å². The lowest BCUT2D eigenvalue weighted by Crippen LogP contribution is -2.44. The van der Waals surface area contributed by atoms with Crippen molar-refractivity contribution in [3.63, 3.8) is 0 Å². The summed E-state index contributed by atoms with van der Waals surface area (Å²) in [6.45, 7) is 5.94. The molecule has 0 radical (unpaired) electrons. The third kappa shape index (κ3) is 3.81. The van der Waals surface area contributed by atoms with E-state index in [-0.39, 0.29) is 12.1 Å². The van der Waals surface area contributed by atoms with Gasteiger partial charge in [0.15, 0.2) is 0 Å². The first-order valence-electron chi connectivity index (χ1n) is 11.4. The van der Waals surface area contributed by atoms with Crippen LogP contribution >= 0.6 is 0 Å². The van der Waals surface area contributed by atoms with Crippen LogP contribution in [-0.2, 0) is 19.5 Å². The zero-order valence-electron chi connectivity index (χ0n) is 18.3. The number of amides is 2. The van der Waals surface area contributed by atoms with Crippen LogP contribution in [0.4, 0.5) is 10.5 Å².